The molecule has 0 unspecified atom stereocenters. The molecule has 1 atom stereocenters. The number of nitrogens with zero attached hydrogens (tertiary/aromatic N) is 1. The van der Waals surface area contributed by atoms with Gasteiger partial charge in [0.05, 0.1) is 16.5 Å². The van der Waals surface area contributed by atoms with Gasteiger partial charge >= 0.3 is 5.97 Å². The summed E-state index contributed by atoms with van der Waals surface area (Å²) >= 11 is 7.30. The molecule has 0 aliphatic rings. The van der Waals surface area contributed by atoms with Crippen molar-refractivity contribution in [2.45, 2.75) is 18.9 Å². The second kappa shape index (κ2) is 11.6. The number of carbonyl (C=O) groups is 2. The molecule has 8 heteroatoms. The highest BCUT2D eigenvalue weighted by atomic mass is 35.5. The monoisotopic (exact) mass is 566 g/mol. The summed E-state index contributed by atoms with van der Waals surface area (Å²) in [6.45, 7) is 0. The Morgan fingerprint density at radius 2 is 1.62 bits per heavy atom. The van der Waals surface area contributed by atoms with Crippen molar-refractivity contribution >= 4 is 44.9 Å². The summed E-state index contributed by atoms with van der Waals surface area (Å²) in [6.07, 6.45) is 0.473. The zero-order chi connectivity index (χ0) is 28.2. The number of amides is 1. The number of aliphatic carboxylic acids is 1. The Kier molecular flexibility index (Phi) is 7.83. The molecule has 4 aromatic carbocycles. The van der Waals surface area contributed by atoms with E-state index in [1.807, 2.05) is 54.6 Å². The van der Waals surface area contributed by atoms with Crippen LogP contribution in [0.3, 0.4) is 0 Å². The van der Waals surface area contributed by atoms with Crippen LogP contribution in [0.25, 0.3) is 21.2 Å². The van der Waals surface area contributed by atoms with Crippen molar-refractivity contribution in [2.75, 3.05) is 0 Å². The lowest BCUT2D eigenvalue weighted by Gasteiger charge is -2.17. The molecule has 0 bridgehead atoms. The number of nitriles is 1. The highest BCUT2D eigenvalue weighted by molar-refractivity contribution is 7.20. The standard InChI is InChI=1S/C32H23ClN2O4S/c33-26-9-5-21(6-10-26)22-8-12-29-25(14-22)17-30(40-29)31(37)35-28(32(38)39)16-23-7-11-27(36)15-24(23)13-19-1-3-20(18-34)4-2-19/h1-12,14-15,17,28,36H,13,16H2,(H,35,37)(H,38,39)/t28-/m0/s1. The van der Waals surface area contributed by atoms with Gasteiger partial charge in [0.25, 0.3) is 5.91 Å². The normalized spacial score (nSPS) is 11.6. The Hall–Kier alpha value is -4.64. The van der Waals surface area contributed by atoms with E-state index in [-0.39, 0.29) is 12.2 Å². The number of fused-ring (bicyclic) bond motifs is 1. The maximum absolute atomic E-state index is 13.2. The van der Waals surface area contributed by atoms with Crippen molar-refractivity contribution in [3.8, 4) is 22.9 Å². The Bertz CT molecular complexity index is 1760. The summed E-state index contributed by atoms with van der Waals surface area (Å²) in [5, 5.41) is 33.3. The van der Waals surface area contributed by atoms with Crippen LogP contribution in [0.15, 0.2) is 91.0 Å². The van der Waals surface area contributed by atoms with Gasteiger partial charge in [0.2, 0.25) is 0 Å². The lowest BCUT2D eigenvalue weighted by atomic mass is 9.94. The van der Waals surface area contributed by atoms with Crippen LogP contribution in [-0.2, 0) is 17.6 Å². The third-order valence-electron chi connectivity index (χ3n) is 6.61. The Balaban J connectivity index is 1.35. The van der Waals surface area contributed by atoms with E-state index < -0.39 is 17.9 Å². The predicted octanol–water partition coefficient (Wildman–Crippen LogP) is 6.82. The molecule has 5 aromatic rings. The maximum atomic E-state index is 13.2. The van der Waals surface area contributed by atoms with Gasteiger partial charge in [-0.3, -0.25) is 4.79 Å². The number of phenolic OH excluding ortho intramolecular Hbond substituents is 1. The highest BCUT2D eigenvalue weighted by Gasteiger charge is 2.24. The molecular formula is C32H23ClN2O4S. The second-order valence-electron chi connectivity index (χ2n) is 9.38. The average Bonchev–Trinajstić information content (AvgIpc) is 3.38. The van der Waals surface area contributed by atoms with Crippen molar-refractivity contribution < 1.29 is 19.8 Å². The number of benzene rings is 4. The number of hydrogen-bond donors (Lipinski definition) is 3. The molecule has 6 nitrogen and oxygen atoms in total. The lowest BCUT2D eigenvalue weighted by molar-refractivity contribution is -0.139. The summed E-state index contributed by atoms with van der Waals surface area (Å²) in [6, 6.07) is 27.9. The summed E-state index contributed by atoms with van der Waals surface area (Å²) in [7, 11) is 0. The number of halogens is 1. The van der Waals surface area contributed by atoms with E-state index >= 15 is 0 Å². The van der Waals surface area contributed by atoms with Crippen LogP contribution >= 0.6 is 22.9 Å². The molecule has 0 aliphatic heterocycles. The van der Waals surface area contributed by atoms with E-state index in [2.05, 4.69) is 11.4 Å². The minimum atomic E-state index is -1.17. The third-order valence-corrected chi connectivity index (χ3v) is 7.98. The molecule has 40 heavy (non-hydrogen) atoms. The first-order chi connectivity index (χ1) is 19.3. The van der Waals surface area contributed by atoms with Crippen LogP contribution in [0.4, 0.5) is 0 Å². The summed E-state index contributed by atoms with van der Waals surface area (Å²) in [5.41, 5.74) is 4.86. The van der Waals surface area contributed by atoms with Crippen molar-refractivity contribution in [3.05, 3.63) is 123 Å². The minimum Gasteiger partial charge on any atom is -0.508 e. The van der Waals surface area contributed by atoms with Crippen molar-refractivity contribution in [1.82, 2.24) is 5.32 Å². The Morgan fingerprint density at radius 1 is 0.900 bits per heavy atom. The lowest BCUT2D eigenvalue weighted by Crippen LogP contribution is -2.42. The molecule has 0 aliphatic carbocycles. The van der Waals surface area contributed by atoms with Gasteiger partial charge in [-0.2, -0.15) is 5.26 Å². The van der Waals surface area contributed by atoms with Crippen LogP contribution in [-0.4, -0.2) is 28.1 Å². The first-order valence-corrected chi connectivity index (χ1v) is 13.6. The summed E-state index contributed by atoms with van der Waals surface area (Å²) < 4.78 is 0.915. The number of nitrogens with one attached hydrogen (secondary N) is 1. The molecule has 1 heterocycles. The first kappa shape index (κ1) is 26.9. The topological polar surface area (TPSA) is 110 Å². The number of thiophene rings is 1. The number of carboxylic acid groups (broad SMARTS) is 1. The zero-order valence-corrected chi connectivity index (χ0v) is 22.7. The molecule has 0 radical (unpaired) electrons. The summed E-state index contributed by atoms with van der Waals surface area (Å²) in [5.74, 6) is -1.56. The Morgan fingerprint density at radius 3 is 2.33 bits per heavy atom. The number of carboxylic acids is 1. The van der Waals surface area contributed by atoms with Gasteiger partial charge in [-0.25, -0.2) is 4.79 Å². The molecule has 1 amide bonds. The minimum absolute atomic E-state index is 0.0403. The average molecular weight is 567 g/mol. The van der Waals surface area contributed by atoms with Crippen LogP contribution in [0.1, 0.15) is 31.9 Å². The molecule has 0 saturated carbocycles. The van der Waals surface area contributed by atoms with Crippen molar-refractivity contribution in [3.63, 3.8) is 0 Å². The van der Waals surface area contributed by atoms with Gasteiger partial charge in [0.1, 0.15) is 11.8 Å². The van der Waals surface area contributed by atoms with Crippen molar-refractivity contribution in [1.29, 1.82) is 5.26 Å². The number of phenols is 1. The first-order valence-electron chi connectivity index (χ1n) is 12.4. The molecule has 3 N–H and O–H groups in total. The van der Waals surface area contributed by atoms with Crippen LogP contribution in [0.5, 0.6) is 5.75 Å². The van der Waals surface area contributed by atoms with Gasteiger partial charge in [-0.05, 0) is 94.2 Å². The van der Waals surface area contributed by atoms with E-state index in [0.29, 0.717) is 27.4 Å². The van der Waals surface area contributed by atoms with E-state index in [4.69, 9.17) is 16.9 Å². The quantitative estimate of drug-likeness (QED) is 0.191. The van der Waals surface area contributed by atoms with Crippen LogP contribution < -0.4 is 5.32 Å². The number of hydrogen-bond acceptors (Lipinski definition) is 5. The molecule has 0 saturated heterocycles. The van der Waals surface area contributed by atoms with Crippen LogP contribution in [0, 0.1) is 11.3 Å². The third kappa shape index (κ3) is 6.15. The van der Waals surface area contributed by atoms with E-state index in [1.54, 1.807) is 30.3 Å². The van der Waals surface area contributed by atoms with Gasteiger partial charge in [0, 0.05) is 16.1 Å². The SMILES string of the molecule is N#Cc1ccc(Cc2cc(O)ccc2C[C@H](NC(=O)c2cc3cc(-c4ccc(Cl)cc4)ccc3s2)C(=O)O)cc1. The fraction of sp³-hybridized carbons (Fsp3) is 0.0938. The van der Waals surface area contributed by atoms with Gasteiger partial charge in [-0.15, -0.1) is 11.3 Å². The number of aromatic hydroxyl groups is 1. The van der Waals surface area contributed by atoms with Gasteiger partial charge in [0.15, 0.2) is 0 Å². The zero-order valence-electron chi connectivity index (χ0n) is 21.1. The summed E-state index contributed by atoms with van der Waals surface area (Å²) in [4.78, 5) is 25.7. The van der Waals surface area contributed by atoms with Gasteiger partial charge < -0.3 is 15.5 Å². The van der Waals surface area contributed by atoms with Crippen LogP contribution in [0.2, 0.25) is 5.02 Å². The van der Waals surface area contributed by atoms with E-state index in [9.17, 15) is 19.8 Å². The molecular weight excluding hydrogens is 544 g/mol. The molecule has 0 fully saturated rings. The number of carbonyl (C=O) groups excluding carboxylic acids is 1. The predicted molar refractivity (Wildman–Crippen MR) is 157 cm³/mol. The Labute approximate surface area is 239 Å². The maximum Gasteiger partial charge on any atom is 0.326 e. The van der Waals surface area contributed by atoms with E-state index in [0.717, 1.165) is 32.3 Å². The largest absolute Gasteiger partial charge is 0.508 e. The molecule has 198 valence electrons. The fourth-order valence-corrected chi connectivity index (χ4v) is 5.59. The fourth-order valence-electron chi connectivity index (χ4n) is 4.52. The molecule has 5 rings (SSSR count). The smallest absolute Gasteiger partial charge is 0.326 e. The van der Waals surface area contributed by atoms with E-state index in [1.165, 1.54) is 17.4 Å². The van der Waals surface area contributed by atoms with Gasteiger partial charge in [-0.1, -0.05) is 48.0 Å². The second-order valence-corrected chi connectivity index (χ2v) is 10.9. The van der Waals surface area contributed by atoms with Crippen molar-refractivity contribution in [2.24, 2.45) is 0 Å². The number of rotatable bonds is 8. The molecule has 0 spiro atoms. The highest BCUT2D eigenvalue weighted by Crippen LogP contribution is 2.31. The molecule has 1 aromatic heterocycles.